The number of halogens is 2. The summed E-state index contributed by atoms with van der Waals surface area (Å²) in [5.74, 6) is -1.42. The zero-order valence-corrected chi connectivity index (χ0v) is 11.5. The minimum atomic E-state index is -0.800. The summed E-state index contributed by atoms with van der Waals surface area (Å²) < 4.78 is 0. The lowest BCUT2D eigenvalue weighted by atomic mass is 10.1. The molecule has 1 amide bonds. The van der Waals surface area contributed by atoms with Crippen LogP contribution in [-0.4, -0.2) is 23.0 Å². The van der Waals surface area contributed by atoms with Crippen LogP contribution in [0.2, 0.25) is 10.0 Å². The summed E-state index contributed by atoms with van der Waals surface area (Å²) in [5, 5.41) is 12.4. The second-order valence-electron chi connectivity index (χ2n) is 4.65. The first-order valence-electron chi connectivity index (χ1n) is 5.96. The van der Waals surface area contributed by atoms with Gasteiger partial charge in [0.15, 0.2) is 0 Å². The Morgan fingerprint density at radius 2 is 1.95 bits per heavy atom. The van der Waals surface area contributed by atoms with Crippen LogP contribution < -0.4 is 5.32 Å². The molecule has 2 N–H and O–H groups in total. The number of carboxylic acids is 1. The van der Waals surface area contributed by atoms with Crippen molar-refractivity contribution in [2.75, 3.05) is 0 Å². The first-order chi connectivity index (χ1) is 8.97. The molecule has 6 heteroatoms. The predicted octanol–water partition coefficient (Wildman–Crippen LogP) is 2.98. The van der Waals surface area contributed by atoms with Gasteiger partial charge in [-0.2, -0.15) is 0 Å². The van der Waals surface area contributed by atoms with Crippen molar-refractivity contribution < 1.29 is 14.7 Å². The minimum Gasteiger partial charge on any atom is -0.481 e. The average Bonchev–Trinajstić information content (AvgIpc) is 2.81. The molecular formula is C13H13Cl2NO3. The quantitative estimate of drug-likeness (QED) is 0.902. The van der Waals surface area contributed by atoms with Gasteiger partial charge in [0, 0.05) is 11.6 Å². The van der Waals surface area contributed by atoms with Gasteiger partial charge >= 0.3 is 5.97 Å². The molecule has 1 aliphatic rings. The Labute approximate surface area is 120 Å². The Balaban J connectivity index is 1.98. The molecule has 1 aromatic rings. The third-order valence-electron chi connectivity index (χ3n) is 3.30. The zero-order chi connectivity index (χ0) is 14.0. The van der Waals surface area contributed by atoms with Crippen molar-refractivity contribution in [2.24, 2.45) is 5.92 Å². The van der Waals surface area contributed by atoms with E-state index < -0.39 is 5.97 Å². The van der Waals surface area contributed by atoms with Crippen LogP contribution in [-0.2, 0) is 4.79 Å². The van der Waals surface area contributed by atoms with Crippen molar-refractivity contribution in [2.45, 2.75) is 25.3 Å². The minimum absolute atomic E-state index is 0.0944. The molecule has 0 aromatic heterocycles. The lowest BCUT2D eigenvalue weighted by molar-refractivity contribution is -0.141. The molecule has 0 aliphatic heterocycles. The standard InChI is InChI=1S/C13H13Cl2NO3/c14-10-4-2-7(6-11(10)15)12(17)16-9-3-1-8(5-9)13(18)19/h2,4,6,8-9H,1,3,5H2,(H,16,17)(H,18,19)/t8-,9+/m0/s1. The first kappa shape index (κ1) is 14.2. The zero-order valence-electron chi connectivity index (χ0n) is 10.0. The number of carboxylic acid groups (broad SMARTS) is 1. The number of hydrogen-bond donors (Lipinski definition) is 2. The fourth-order valence-corrected chi connectivity index (χ4v) is 2.54. The van der Waals surface area contributed by atoms with E-state index in [4.69, 9.17) is 28.3 Å². The van der Waals surface area contributed by atoms with Crippen molar-refractivity contribution >= 4 is 35.1 Å². The topological polar surface area (TPSA) is 66.4 Å². The number of benzene rings is 1. The van der Waals surface area contributed by atoms with Gasteiger partial charge in [0.25, 0.3) is 5.91 Å². The molecule has 1 aromatic carbocycles. The highest BCUT2D eigenvalue weighted by Gasteiger charge is 2.30. The van der Waals surface area contributed by atoms with Gasteiger partial charge in [-0.3, -0.25) is 9.59 Å². The van der Waals surface area contributed by atoms with E-state index in [1.165, 1.54) is 6.07 Å². The van der Waals surface area contributed by atoms with Crippen LogP contribution in [0.25, 0.3) is 0 Å². The number of amides is 1. The summed E-state index contributed by atoms with van der Waals surface area (Å²) in [6, 6.07) is 4.56. The number of nitrogens with one attached hydrogen (secondary N) is 1. The number of carbonyl (C=O) groups is 2. The fourth-order valence-electron chi connectivity index (χ4n) is 2.24. The van der Waals surface area contributed by atoms with E-state index in [1.54, 1.807) is 12.1 Å². The van der Waals surface area contributed by atoms with Crippen LogP contribution in [0.4, 0.5) is 0 Å². The van der Waals surface area contributed by atoms with Gasteiger partial charge in [-0.1, -0.05) is 23.2 Å². The molecule has 4 nitrogen and oxygen atoms in total. The van der Waals surface area contributed by atoms with Gasteiger partial charge in [0.1, 0.15) is 0 Å². The Bertz CT molecular complexity index is 519. The molecule has 0 bridgehead atoms. The van der Waals surface area contributed by atoms with Crippen molar-refractivity contribution in [1.29, 1.82) is 0 Å². The SMILES string of the molecule is O=C(N[C@@H]1CC[C@H](C(=O)O)C1)c1ccc(Cl)c(Cl)c1. The maximum atomic E-state index is 12.0. The molecule has 0 spiro atoms. The summed E-state index contributed by atoms with van der Waals surface area (Å²) in [7, 11) is 0. The van der Waals surface area contributed by atoms with Crippen molar-refractivity contribution in [3.05, 3.63) is 33.8 Å². The van der Waals surface area contributed by atoms with E-state index in [2.05, 4.69) is 5.32 Å². The normalized spacial score (nSPS) is 22.2. The largest absolute Gasteiger partial charge is 0.481 e. The number of aliphatic carboxylic acids is 1. The van der Waals surface area contributed by atoms with E-state index in [0.717, 1.165) is 0 Å². The molecule has 2 rings (SSSR count). The van der Waals surface area contributed by atoms with E-state index in [-0.39, 0.29) is 17.9 Å². The second kappa shape index (κ2) is 5.80. The highest BCUT2D eigenvalue weighted by Crippen LogP contribution is 2.26. The number of hydrogen-bond acceptors (Lipinski definition) is 2. The maximum Gasteiger partial charge on any atom is 0.306 e. The van der Waals surface area contributed by atoms with Crippen LogP contribution in [0, 0.1) is 5.92 Å². The van der Waals surface area contributed by atoms with Gasteiger partial charge in [-0.15, -0.1) is 0 Å². The van der Waals surface area contributed by atoms with E-state index in [1.807, 2.05) is 0 Å². The fraction of sp³-hybridized carbons (Fsp3) is 0.385. The van der Waals surface area contributed by atoms with Crippen LogP contribution in [0.15, 0.2) is 18.2 Å². The second-order valence-corrected chi connectivity index (χ2v) is 5.46. The van der Waals surface area contributed by atoms with Crippen molar-refractivity contribution in [1.82, 2.24) is 5.32 Å². The molecule has 0 saturated heterocycles. The van der Waals surface area contributed by atoms with Crippen molar-refractivity contribution in [3.8, 4) is 0 Å². The van der Waals surface area contributed by atoms with Gasteiger partial charge in [-0.25, -0.2) is 0 Å². The van der Waals surface area contributed by atoms with Crippen LogP contribution in [0.1, 0.15) is 29.6 Å². The first-order valence-corrected chi connectivity index (χ1v) is 6.71. The molecule has 1 saturated carbocycles. The summed E-state index contributed by atoms with van der Waals surface area (Å²) in [6.07, 6.45) is 1.76. The van der Waals surface area contributed by atoms with Crippen LogP contribution in [0.5, 0.6) is 0 Å². The van der Waals surface area contributed by atoms with Crippen LogP contribution >= 0.6 is 23.2 Å². The third-order valence-corrected chi connectivity index (χ3v) is 4.04. The Morgan fingerprint density at radius 1 is 1.21 bits per heavy atom. The van der Waals surface area contributed by atoms with E-state index in [9.17, 15) is 9.59 Å². The molecule has 19 heavy (non-hydrogen) atoms. The summed E-state index contributed by atoms with van der Waals surface area (Å²) >= 11 is 11.6. The van der Waals surface area contributed by atoms with Gasteiger partial charge in [0.2, 0.25) is 0 Å². The predicted molar refractivity (Wildman–Crippen MR) is 72.7 cm³/mol. The highest BCUT2D eigenvalue weighted by atomic mass is 35.5. The maximum absolute atomic E-state index is 12.0. The molecule has 1 aliphatic carbocycles. The van der Waals surface area contributed by atoms with Crippen molar-refractivity contribution in [3.63, 3.8) is 0 Å². The number of rotatable bonds is 3. The molecule has 0 radical (unpaired) electrons. The van der Waals surface area contributed by atoms with E-state index >= 15 is 0 Å². The summed E-state index contributed by atoms with van der Waals surface area (Å²) in [5.41, 5.74) is 0.424. The Morgan fingerprint density at radius 3 is 2.53 bits per heavy atom. The molecule has 102 valence electrons. The van der Waals surface area contributed by atoms with Crippen LogP contribution in [0.3, 0.4) is 0 Å². The summed E-state index contributed by atoms with van der Waals surface area (Å²) in [6.45, 7) is 0. The summed E-state index contributed by atoms with van der Waals surface area (Å²) in [4.78, 5) is 22.8. The van der Waals surface area contributed by atoms with Gasteiger partial charge in [-0.05, 0) is 37.5 Å². The Kier molecular flexibility index (Phi) is 4.32. The molecular weight excluding hydrogens is 289 g/mol. The lowest BCUT2D eigenvalue weighted by Gasteiger charge is -2.12. The molecule has 0 heterocycles. The molecule has 1 fully saturated rings. The smallest absolute Gasteiger partial charge is 0.306 e. The third kappa shape index (κ3) is 3.39. The molecule has 0 unspecified atom stereocenters. The van der Waals surface area contributed by atoms with Gasteiger partial charge in [0.05, 0.1) is 16.0 Å². The van der Waals surface area contributed by atoms with Gasteiger partial charge < -0.3 is 10.4 Å². The highest BCUT2D eigenvalue weighted by molar-refractivity contribution is 6.42. The molecule has 2 atom stereocenters. The number of carbonyl (C=O) groups excluding carboxylic acids is 1. The monoisotopic (exact) mass is 301 g/mol. The Hall–Kier alpha value is -1.26. The average molecular weight is 302 g/mol. The van der Waals surface area contributed by atoms with E-state index in [0.29, 0.717) is 34.9 Å². The lowest BCUT2D eigenvalue weighted by Crippen LogP contribution is -2.33.